The van der Waals surface area contributed by atoms with Crippen LogP contribution in [0.15, 0.2) is 143 Å². The standard InChI is InChI=1S/C20H18N2O2S.C15H10N.C6H5NO2.Ir/c1-3-22(4-2)14-10-9-13-11-15(20(23)24-17(13)12-14)19-21-16-7-5-6-8-18(16)25-19;1-2-7-13(8-3-1)15-14-9-5-4-6-12(14)10-11-16-15;8-6(9)5-3-1-2-4-7-5;/h5-12H,3-4H2,1-2H3;1-7,9-11H;1-4H,(H,8,9);/q;-1;;. The molecule has 0 spiro atoms. The maximum atomic E-state index is 12.5. The van der Waals surface area contributed by atoms with Crippen LogP contribution in [0.5, 0.6) is 0 Å². The second-order valence-corrected chi connectivity index (χ2v) is 12.0. The van der Waals surface area contributed by atoms with Crippen LogP contribution in [0.3, 0.4) is 0 Å². The van der Waals surface area contributed by atoms with E-state index in [4.69, 9.17) is 9.52 Å². The van der Waals surface area contributed by atoms with E-state index >= 15 is 0 Å². The van der Waals surface area contributed by atoms with Gasteiger partial charge in [0.2, 0.25) is 0 Å². The number of pyridine rings is 2. The van der Waals surface area contributed by atoms with E-state index in [1.807, 2.05) is 91.1 Å². The van der Waals surface area contributed by atoms with Crippen molar-refractivity contribution in [2.45, 2.75) is 13.8 Å². The number of benzene rings is 4. The first-order valence-corrected chi connectivity index (χ1v) is 16.9. The van der Waals surface area contributed by atoms with Crippen LogP contribution in [0.1, 0.15) is 24.3 Å². The number of fused-ring (bicyclic) bond motifs is 3. The summed E-state index contributed by atoms with van der Waals surface area (Å²) < 4.78 is 6.67. The Kier molecular flexibility index (Phi) is 12.5. The van der Waals surface area contributed by atoms with Crippen molar-refractivity contribution in [1.29, 1.82) is 0 Å². The Labute approximate surface area is 312 Å². The van der Waals surface area contributed by atoms with Gasteiger partial charge in [-0.3, -0.25) is 0 Å². The molecule has 8 nitrogen and oxygen atoms in total. The molecule has 0 atom stereocenters. The molecule has 8 rings (SSSR count). The summed E-state index contributed by atoms with van der Waals surface area (Å²) in [6.07, 6.45) is 3.29. The van der Waals surface area contributed by atoms with Crippen LogP contribution < -0.4 is 10.5 Å². The predicted molar refractivity (Wildman–Crippen MR) is 202 cm³/mol. The fraction of sp³-hybridized carbons (Fsp3) is 0.0976. The molecule has 0 aliphatic carbocycles. The fourth-order valence-electron chi connectivity index (χ4n) is 5.39. The topological polar surface area (TPSA) is 109 Å². The average molecular weight is 870 g/mol. The first-order chi connectivity index (χ1) is 24.4. The van der Waals surface area contributed by atoms with Crippen molar-refractivity contribution in [3.8, 4) is 21.8 Å². The second-order valence-electron chi connectivity index (χ2n) is 11.0. The third kappa shape index (κ3) is 8.80. The van der Waals surface area contributed by atoms with Gasteiger partial charge in [-0.1, -0.05) is 42.5 Å². The van der Waals surface area contributed by atoms with E-state index in [2.05, 4.69) is 58.0 Å². The number of carbonyl (C=O) groups is 1. The van der Waals surface area contributed by atoms with E-state index in [1.54, 1.807) is 12.1 Å². The minimum Gasteiger partial charge on any atom is -0.477 e. The van der Waals surface area contributed by atoms with Crippen molar-refractivity contribution in [1.82, 2.24) is 15.0 Å². The molecule has 10 heteroatoms. The van der Waals surface area contributed by atoms with E-state index in [-0.39, 0.29) is 31.4 Å². The molecule has 0 unspecified atom stereocenters. The molecule has 257 valence electrons. The summed E-state index contributed by atoms with van der Waals surface area (Å²) in [5.74, 6) is -0.990. The van der Waals surface area contributed by atoms with Crippen molar-refractivity contribution in [3.63, 3.8) is 0 Å². The molecule has 0 fully saturated rings. The van der Waals surface area contributed by atoms with Gasteiger partial charge in [-0.2, -0.15) is 0 Å². The third-order valence-electron chi connectivity index (χ3n) is 7.89. The molecular weight excluding hydrogens is 837 g/mol. The molecule has 8 aromatic rings. The molecule has 4 aromatic heterocycles. The van der Waals surface area contributed by atoms with E-state index in [0.29, 0.717) is 16.2 Å². The van der Waals surface area contributed by atoms with Gasteiger partial charge in [0.05, 0.1) is 15.8 Å². The summed E-state index contributed by atoms with van der Waals surface area (Å²) in [4.78, 5) is 37.5. The van der Waals surface area contributed by atoms with Crippen molar-refractivity contribution >= 4 is 55.0 Å². The first kappa shape index (κ1) is 36.7. The quantitative estimate of drug-likeness (QED) is 0.130. The van der Waals surface area contributed by atoms with Gasteiger partial charge in [-0.15, -0.1) is 47.2 Å². The van der Waals surface area contributed by atoms with Crippen molar-refractivity contribution < 1.29 is 34.4 Å². The molecule has 1 radical (unpaired) electrons. The van der Waals surface area contributed by atoms with Crippen LogP contribution in [0.25, 0.3) is 53.8 Å². The number of hydrogen-bond donors (Lipinski definition) is 1. The number of nitrogens with zero attached hydrogens (tertiary/aromatic N) is 4. The number of carboxylic acid groups (broad SMARTS) is 1. The largest absolute Gasteiger partial charge is 0.477 e. The Bertz CT molecular complexity index is 2390. The van der Waals surface area contributed by atoms with Crippen LogP contribution in [0.2, 0.25) is 0 Å². The molecule has 0 saturated heterocycles. The Hall–Kier alpha value is -5.54. The van der Waals surface area contributed by atoms with Crippen molar-refractivity contribution in [2.24, 2.45) is 0 Å². The monoisotopic (exact) mass is 870 g/mol. The van der Waals surface area contributed by atoms with Crippen LogP contribution in [-0.2, 0) is 20.1 Å². The fourth-order valence-corrected chi connectivity index (χ4v) is 6.36. The van der Waals surface area contributed by atoms with Crippen LogP contribution in [0.4, 0.5) is 5.69 Å². The van der Waals surface area contributed by atoms with Crippen LogP contribution in [0, 0.1) is 6.07 Å². The molecular formula is C41H33IrN4O4S-. The number of para-hydroxylation sites is 1. The normalized spacial score (nSPS) is 10.4. The van der Waals surface area contributed by atoms with Gasteiger partial charge in [-0.05, 0) is 78.8 Å². The second kappa shape index (κ2) is 17.4. The van der Waals surface area contributed by atoms with Gasteiger partial charge in [-0.25, -0.2) is 19.6 Å². The summed E-state index contributed by atoms with van der Waals surface area (Å²) >= 11 is 1.51. The maximum Gasteiger partial charge on any atom is 0.354 e. The molecule has 1 N–H and O–H groups in total. The minimum atomic E-state index is -0.990. The Morgan fingerprint density at radius 1 is 0.824 bits per heavy atom. The molecule has 0 aliphatic heterocycles. The van der Waals surface area contributed by atoms with Crippen molar-refractivity contribution in [2.75, 3.05) is 18.0 Å². The Balaban J connectivity index is 0.000000166. The van der Waals surface area contributed by atoms with Gasteiger partial charge in [0, 0.05) is 62.7 Å². The molecule has 4 aromatic carbocycles. The van der Waals surface area contributed by atoms with Crippen LogP contribution >= 0.6 is 11.3 Å². The maximum absolute atomic E-state index is 12.5. The number of anilines is 1. The summed E-state index contributed by atoms with van der Waals surface area (Å²) in [5.41, 5.74) is 4.87. The number of rotatable bonds is 6. The van der Waals surface area contributed by atoms with Gasteiger partial charge in [0.1, 0.15) is 16.3 Å². The SMILES string of the molecule is CCN(CC)c1ccc2cc(-c3nc4ccccc4s3)c(=O)oc2c1.O=C(O)c1ccccn1.[Ir].[c-]1ccccc1-c1nccc2ccccc12. The van der Waals surface area contributed by atoms with E-state index in [9.17, 15) is 9.59 Å². The summed E-state index contributed by atoms with van der Waals surface area (Å²) in [6.45, 7) is 6.05. The zero-order chi connectivity index (χ0) is 34.9. The molecule has 0 saturated carbocycles. The zero-order valence-corrected chi connectivity index (χ0v) is 31.0. The number of thiazole rings is 1. The summed E-state index contributed by atoms with van der Waals surface area (Å²) in [7, 11) is 0. The smallest absolute Gasteiger partial charge is 0.354 e. The van der Waals surface area contributed by atoms with Gasteiger partial charge in [0.15, 0.2) is 0 Å². The predicted octanol–water partition coefficient (Wildman–Crippen LogP) is 9.40. The van der Waals surface area contributed by atoms with Crippen LogP contribution in [-0.4, -0.2) is 39.1 Å². The Morgan fingerprint density at radius 3 is 2.29 bits per heavy atom. The van der Waals surface area contributed by atoms with E-state index in [1.165, 1.54) is 34.4 Å². The number of aromatic carboxylic acids is 1. The van der Waals surface area contributed by atoms with Gasteiger partial charge < -0.3 is 19.4 Å². The molecule has 0 bridgehead atoms. The number of carboxylic acids is 1. The minimum absolute atomic E-state index is 0. The third-order valence-corrected chi connectivity index (χ3v) is 8.96. The summed E-state index contributed by atoms with van der Waals surface area (Å²) in [5, 5.41) is 12.3. The molecule has 4 heterocycles. The van der Waals surface area contributed by atoms with Gasteiger partial charge in [0.25, 0.3) is 0 Å². The average Bonchev–Trinajstić information content (AvgIpc) is 3.60. The zero-order valence-electron chi connectivity index (χ0n) is 27.8. The first-order valence-electron chi connectivity index (χ1n) is 16.1. The van der Waals surface area contributed by atoms with E-state index in [0.717, 1.165) is 45.6 Å². The molecule has 51 heavy (non-hydrogen) atoms. The summed E-state index contributed by atoms with van der Waals surface area (Å²) in [6, 6.07) is 42.0. The van der Waals surface area contributed by atoms with Crippen molar-refractivity contribution in [3.05, 3.63) is 156 Å². The number of aromatic nitrogens is 3. The molecule has 0 aliphatic rings. The number of hydrogen-bond acceptors (Lipinski definition) is 8. The Morgan fingerprint density at radius 2 is 1.59 bits per heavy atom. The van der Waals surface area contributed by atoms with E-state index < -0.39 is 5.97 Å². The van der Waals surface area contributed by atoms with Gasteiger partial charge >= 0.3 is 11.6 Å². The molecule has 0 amide bonds.